The Bertz CT molecular complexity index is 407. The highest BCUT2D eigenvalue weighted by molar-refractivity contribution is 7.10. The molecular weight excluding hydrogens is 216 g/mol. The molecule has 1 aliphatic rings. The molecule has 0 saturated carbocycles. The van der Waals surface area contributed by atoms with Crippen molar-refractivity contribution in [3.63, 3.8) is 0 Å². The van der Waals surface area contributed by atoms with Gasteiger partial charge in [0.05, 0.1) is 6.42 Å². The lowest BCUT2D eigenvalue weighted by molar-refractivity contribution is -0.153. The lowest BCUT2D eigenvalue weighted by Gasteiger charge is -2.01. The SMILES string of the molecule is O=C1CC(C(=O)Cc2cccs2)C(=O)O1. The van der Waals surface area contributed by atoms with Crippen LogP contribution >= 0.6 is 11.3 Å². The first-order chi connectivity index (χ1) is 7.16. The number of cyclic esters (lactones) is 2. The fourth-order valence-corrected chi connectivity index (χ4v) is 2.14. The second kappa shape index (κ2) is 3.94. The van der Waals surface area contributed by atoms with Crippen molar-refractivity contribution in [3.05, 3.63) is 22.4 Å². The van der Waals surface area contributed by atoms with Crippen LogP contribution in [-0.4, -0.2) is 17.7 Å². The zero-order valence-corrected chi connectivity index (χ0v) is 8.58. The van der Waals surface area contributed by atoms with Gasteiger partial charge in [0.15, 0.2) is 5.78 Å². The molecule has 1 fully saturated rings. The smallest absolute Gasteiger partial charge is 0.324 e. The highest BCUT2D eigenvalue weighted by Crippen LogP contribution is 2.20. The summed E-state index contributed by atoms with van der Waals surface area (Å²) < 4.78 is 4.32. The molecule has 0 bridgehead atoms. The first-order valence-corrected chi connectivity index (χ1v) is 5.34. The van der Waals surface area contributed by atoms with Crippen LogP contribution in [0.1, 0.15) is 11.3 Å². The minimum absolute atomic E-state index is 0.108. The molecule has 0 aromatic carbocycles. The molecule has 5 heteroatoms. The number of rotatable bonds is 3. The van der Waals surface area contributed by atoms with Crippen molar-refractivity contribution < 1.29 is 19.1 Å². The molecule has 0 spiro atoms. The zero-order valence-electron chi connectivity index (χ0n) is 7.76. The van der Waals surface area contributed by atoms with E-state index in [-0.39, 0.29) is 18.6 Å². The summed E-state index contributed by atoms with van der Waals surface area (Å²) >= 11 is 1.45. The van der Waals surface area contributed by atoms with Gasteiger partial charge in [-0.15, -0.1) is 11.3 Å². The molecule has 0 radical (unpaired) electrons. The number of thiophene rings is 1. The van der Waals surface area contributed by atoms with Crippen LogP contribution in [0.3, 0.4) is 0 Å². The van der Waals surface area contributed by atoms with Crippen LogP contribution in [0.2, 0.25) is 0 Å². The van der Waals surface area contributed by atoms with E-state index in [0.717, 1.165) is 4.88 Å². The molecule has 1 aliphatic heterocycles. The number of carbonyl (C=O) groups excluding carboxylic acids is 3. The monoisotopic (exact) mass is 224 g/mol. The van der Waals surface area contributed by atoms with Crippen molar-refractivity contribution >= 4 is 29.1 Å². The highest BCUT2D eigenvalue weighted by Gasteiger charge is 2.38. The van der Waals surface area contributed by atoms with E-state index >= 15 is 0 Å². The van der Waals surface area contributed by atoms with Gasteiger partial charge in [0.2, 0.25) is 0 Å². The summed E-state index contributed by atoms with van der Waals surface area (Å²) in [4.78, 5) is 34.4. The molecular formula is C10H8O4S. The predicted octanol–water partition coefficient (Wildman–Crippen LogP) is 0.949. The fourth-order valence-electron chi connectivity index (χ4n) is 1.43. The van der Waals surface area contributed by atoms with Crippen LogP contribution < -0.4 is 0 Å². The van der Waals surface area contributed by atoms with Crippen LogP contribution in [-0.2, 0) is 25.5 Å². The van der Waals surface area contributed by atoms with Gasteiger partial charge in [-0.05, 0) is 11.4 Å². The molecule has 1 unspecified atom stereocenters. The Hall–Kier alpha value is -1.49. The third-order valence-electron chi connectivity index (χ3n) is 2.19. The molecule has 15 heavy (non-hydrogen) atoms. The van der Waals surface area contributed by atoms with E-state index in [1.54, 1.807) is 0 Å². The Morgan fingerprint density at radius 3 is 2.87 bits per heavy atom. The second-order valence-electron chi connectivity index (χ2n) is 3.27. The number of carbonyl (C=O) groups is 3. The number of esters is 2. The van der Waals surface area contributed by atoms with Crippen molar-refractivity contribution in [2.24, 2.45) is 5.92 Å². The average Bonchev–Trinajstić information content (AvgIpc) is 2.75. The van der Waals surface area contributed by atoms with Gasteiger partial charge in [-0.2, -0.15) is 0 Å². The molecule has 2 rings (SSSR count). The van der Waals surface area contributed by atoms with Crippen LogP contribution in [0.15, 0.2) is 17.5 Å². The molecule has 0 N–H and O–H groups in total. The van der Waals surface area contributed by atoms with Gasteiger partial charge in [0.25, 0.3) is 0 Å². The van der Waals surface area contributed by atoms with Gasteiger partial charge in [0, 0.05) is 11.3 Å². The molecule has 0 amide bonds. The van der Waals surface area contributed by atoms with E-state index in [1.807, 2.05) is 17.5 Å². The number of hydrogen-bond acceptors (Lipinski definition) is 5. The van der Waals surface area contributed by atoms with Crippen LogP contribution in [0.25, 0.3) is 0 Å². The van der Waals surface area contributed by atoms with Gasteiger partial charge in [0.1, 0.15) is 5.92 Å². The van der Waals surface area contributed by atoms with Gasteiger partial charge < -0.3 is 4.74 Å². The van der Waals surface area contributed by atoms with Crippen LogP contribution in [0.4, 0.5) is 0 Å². The van der Waals surface area contributed by atoms with Gasteiger partial charge >= 0.3 is 11.9 Å². The van der Waals surface area contributed by atoms with E-state index < -0.39 is 17.9 Å². The zero-order chi connectivity index (χ0) is 10.8. The summed E-state index contributed by atoms with van der Waals surface area (Å²) in [5, 5.41) is 1.86. The molecule has 2 heterocycles. The van der Waals surface area contributed by atoms with Crippen molar-refractivity contribution in [1.29, 1.82) is 0 Å². The molecule has 0 aliphatic carbocycles. The topological polar surface area (TPSA) is 60.4 Å². The Balaban J connectivity index is 2.03. The predicted molar refractivity (Wildman–Crippen MR) is 52.2 cm³/mol. The van der Waals surface area contributed by atoms with E-state index in [9.17, 15) is 14.4 Å². The van der Waals surface area contributed by atoms with Crippen molar-refractivity contribution in [1.82, 2.24) is 0 Å². The minimum Gasteiger partial charge on any atom is -0.393 e. The molecule has 78 valence electrons. The summed E-state index contributed by atoms with van der Waals surface area (Å²) in [5.41, 5.74) is 0. The maximum atomic E-state index is 11.6. The third-order valence-corrected chi connectivity index (χ3v) is 3.06. The lowest BCUT2D eigenvalue weighted by atomic mass is 10.00. The van der Waals surface area contributed by atoms with Gasteiger partial charge in [-0.3, -0.25) is 14.4 Å². The van der Waals surface area contributed by atoms with E-state index in [4.69, 9.17) is 0 Å². The van der Waals surface area contributed by atoms with Crippen molar-refractivity contribution in [3.8, 4) is 0 Å². The quantitative estimate of drug-likeness (QED) is 0.566. The summed E-state index contributed by atoms with van der Waals surface area (Å²) in [6.07, 6.45) is 0.0910. The molecule has 1 aromatic rings. The second-order valence-corrected chi connectivity index (χ2v) is 4.30. The Morgan fingerprint density at radius 2 is 2.33 bits per heavy atom. The first-order valence-electron chi connectivity index (χ1n) is 4.46. The van der Waals surface area contributed by atoms with E-state index in [0.29, 0.717) is 0 Å². The van der Waals surface area contributed by atoms with Crippen molar-refractivity contribution in [2.45, 2.75) is 12.8 Å². The molecule has 1 aromatic heterocycles. The van der Waals surface area contributed by atoms with E-state index in [1.165, 1.54) is 11.3 Å². The molecule has 1 atom stereocenters. The Kier molecular flexibility index (Phi) is 2.64. The summed E-state index contributed by atoms with van der Waals surface area (Å²) in [6, 6.07) is 3.66. The highest BCUT2D eigenvalue weighted by atomic mass is 32.1. The van der Waals surface area contributed by atoms with Crippen LogP contribution in [0.5, 0.6) is 0 Å². The fraction of sp³-hybridized carbons (Fsp3) is 0.300. The maximum absolute atomic E-state index is 11.6. The Morgan fingerprint density at radius 1 is 1.53 bits per heavy atom. The summed E-state index contributed by atoms with van der Waals surface area (Å²) in [7, 11) is 0. The normalized spacial score (nSPS) is 20.4. The van der Waals surface area contributed by atoms with Gasteiger partial charge in [-0.1, -0.05) is 6.07 Å². The number of ketones is 1. The molecule has 1 saturated heterocycles. The Labute approximate surface area is 89.9 Å². The van der Waals surface area contributed by atoms with Gasteiger partial charge in [-0.25, -0.2) is 0 Å². The number of Topliss-reactive ketones (excluding diaryl/α,β-unsaturated/α-hetero) is 1. The average molecular weight is 224 g/mol. The largest absolute Gasteiger partial charge is 0.393 e. The summed E-state index contributed by atoms with van der Waals surface area (Å²) in [6.45, 7) is 0. The minimum atomic E-state index is -0.889. The third kappa shape index (κ3) is 2.12. The van der Waals surface area contributed by atoms with Crippen LogP contribution in [0, 0.1) is 5.92 Å². The molecule has 4 nitrogen and oxygen atoms in total. The first kappa shape index (κ1) is 10.0. The van der Waals surface area contributed by atoms with Crippen molar-refractivity contribution in [2.75, 3.05) is 0 Å². The number of hydrogen-bond donors (Lipinski definition) is 0. The number of ether oxygens (including phenoxy) is 1. The standard InChI is InChI=1S/C10H8O4S/c11-8(4-6-2-1-3-15-6)7-5-9(12)14-10(7)13/h1-3,7H,4-5H2. The summed E-state index contributed by atoms with van der Waals surface area (Å²) in [5.74, 6) is -2.45. The maximum Gasteiger partial charge on any atom is 0.324 e. The van der Waals surface area contributed by atoms with E-state index in [2.05, 4.69) is 4.74 Å². The lowest BCUT2D eigenvalue weighted by Crippen LogP contribution is -2.20.